The maximum absolute atomic E-state index is 6.19. The predicted octanol–water partition coefficient (Wildman–Crippen LogP) is 4.57. The van der Waals surface area contributed by atoms with Crippen molar-refractivity contribution in [2.24, 2.45) is 11.8 Å². The molecule has 1 aromatic rings. The number of ether oxygens (including phenoxy) is 1. The Morgan fingerprint density at radius 2 is 1.69 bits per heavy atom. The third-order valence-electron chi connectivity index (χ3n) is 6.88. The molecule has 0 amide bonds. The van der Waals surface area contributed by atoms with Crippen molar-refractivity contribution >= 4 is 5.69 Å². The first kappa shape index (κ1) is 18.3. The first-order valence-corrected chi connectivity index (χ1v) is 10.9. The smallest absolute Gasteiger partial charge is 0.0576 e. The van der Waals surface area contributed by atoms with Gasteiger partial charge in [-0.25, -0.2) is 0 Å². The molecule has 2 N–H and O–H groups in total. The Balaban J connectivity index is 1.19. The van der Waals surface area contributed by atoms with Crippen LogP contribution in [-0.2, 0) is 11.2 Å². The molecule has 3 fully saturated rings. The molecule has 4 rings (SSSR count). The van der Waals surface area contributed by atoms with Crippen LogP contribution in [0.25, 0.3) is 0 Å². The second-order valence-corrected chi connectivity index (χ2v) is 9.09. The van der Waals surface area contributed by atoms with E-state index in [0.717, 1.165) is 36.6 Å². The Kier molecular flexibility index (Phi) is 5.85. The van der Waals surface area contributed by atoms with E-state index in [0.29, 0.717) is 6.10 Å². The van der Waals surface area contributed by atoms with Crippen LogP contribution in [0.4, 0.5) is 5.69 Å². The van der Waals surface area contributed by atoms with Crippen molar-refractivity contribution in [1.29, 1.82) is 0 Å². The van der Waals surface area contributed by atoms with E-state index in [2.05, 4.69) is 30.0 Å². The fourth-order valence-corrected chi connectivity index (χ4v) is 4.88. The number of nitrogens with zero attached hydrogens (tertiary/aromatic N) is 1. The molecule has 0 atom stereocenters. The number of nitrogen functional groups attached to an aromatic ring is 1. The molecule has 2 aliphatic carbocycles. The van der Waals surface area contributed by atoms with Crippen molar-refractivity contribution in [3.8, 4) is 0 Å². The summed E-state index contributed by atoms with van der Waals surface area (Å²) in [6.45, 7) is 5.74. The molecule has 1 saturated heterocycles. The molecular formula is C23H36N2O. The van der Waals surface area contributed by atoms with E-state index < -0.39 is 0 Å². The Morgan fingerprint density at radius 1 is 0.962 bits per heavy atom. The second-order valence-electron chi connectivity index (χ2n) is 9.09. The molecule has 0 bridgehead atoms. The van der Waals surface area contributed by atoms with Gasteiger partial charge >= 0.3 is 0 Å². The van der Waals surface area contributed by atoms with Gasteiger partial charge < -0.3 is 15.4 Å². The fraction of sp³-hybridized carbons (Fsp3) is 0.739. The Morgan fingerprint density at radius 3 is 2.38 bits per heavy atom. The summed E-state index contributed by atoms with van der Waals surface area (Å²) in [5.74, 6) is 1.70. The lowest BCUT2D eigenvalue weighted by Gasteiger charge is -2.41. The van der Waals surface area contributed by atoms with Crippen LogP contribution < -0.4 is 5.73 Å². The molecule has 0 spiro atoms. The van der Waals surface area contributed by atoms with Gasteiger partial charge in [-0.2, -0.15) is 0 Å². The number of hydrogen-bond donors (Lipinski definition) is 1. The van der Waals surface area contributed by atoms with E-state index in [1.54, 1.807) is 0 Å². The largest absolute Gasteiger partial charge is 0.399 e. The van der Waals surface area contributed by atoms with Crippen molar-refractivity contribution in [3.63, 3.8) is 0 Å². The van der Waals surface area contributed by atoms with Gasteiger partial charge in [0, 0.05) is 18.3 Å². The highest BCUT2D eigenvalue weighted by atomic mass is 16.5. The van der Waals surface area contributed by atoms with Gasteiger partial charge in [0.25, 0.3) is 0 Å². The van der Waals surface area contributed by atoms with Gasteiger partial charge in [-0.05, 0) is 101 Å². The summed E-state index contributed by atoms with van der Waals surface area (Å²) < 4.78 is 6.12. The van der Waals surface area contributed by atoms with Gasteiger partial charge in [0.15, 0.2) is 0 Å². The SMILES string of the molecule is Cc1ccc(N)c(CC2CCN(C3CCC(OCC4CC4)CC3)CC2)c1. The van der Waals surface area contributed by atoms with Crippen molar-refractivity contribution in [2.75, 3.05) is 25.4 Å². The highest BCUT2D eigenvalue weighted by Crippen LogP contribution is 2.33. The molecule has 2 saturated carbocycles. The molecule has 3 heteroatoms. The molecular weight excluding hydrogens is 320 g/mol. The molecule has 3 aliphatic rings. The van der Waals surface area contributed by atoms with Gasteiger partial charge in [-0.15, -0.1) is 0 Å². The van der Waals surface area contributed by atoms with Gasteiger partial charge in [-0.3, -0.25) is 0 Å². The van der Waals surface area contributed by atoms with Crippen molar-refractivity contribution < 1.29 is 4.74 Å². The summed E-state index contributed by atoms with van der Waals surface area (Å²) in [6, 6.07) is 7.28. The molecule has 0 unspecified atom stereocenters. The first-order valence-electron chi connectivity index (χ1n) is 10.9. The summed E-state index contributed by atoms with van der Waals surface area (Å²) in [5.41, 5.74) is 9.85. The molecule has 1 aliphatic heterocycles. The van der Waals surface area contributed by atoms with Crippen molar-refractivity contribution in [2.45, 2.75) is 76.9 Å². The number of nitrogens with two attached hydrogens (primary N) is 1. The fourth-order valence-electron chi connectivity index (χ4n) is 4.88. The van der Waals surface area contributed by atoms with Crippen LogP contribution in [0.1, 0.15) is 62.5 Å². The van der Waals surface area contributed by atoms with Crippen LogP contribution in [0, 0.1) is 18.8 Å². The highest BCUT2D eigenvalue weighted by Gasteiger charge is 2.30. The minimum absolute atomic E-state index is 0.550. The Bertz CT molecular complexity index is 582. The Hall–Kier alpha value is -1.06. The standard InChI is InChI=1S/C23H36N2O/c1-17-2-9-23(24)20(14-17)15-18-10-12-25(13-11-18)21-5-7-22(8-6-21)26-16-19-3-4-19/h2,9,14,18-19,21-22H,3-8,10-13,15-16,24H2,1H3. The monoisotopic (exact) mass is 356 g/mol. The van der Waals surface area contributed by atoms with Crippen LogP contribution in [0.3, 0.4) is 0 Å². The van der Waals surface area contributed by atoms with Gasteiger partial charge in [0.2, 0.25) is 0 Å². The zero-order valence-electron chi connectivity index (χ0n) is 16.5. The van der Waals surface area contributed by atoms with Crippen LogP contribution >= 0.6 is 0 Å². The summed E-state index contributed by atoms with van der Waals surface area (Å²) in [5, 5.41) is 0. The lowest BCUT2D eigenvalue weighted by atomic mass is 9.86. The minimum atomic E-state index is 0.550. The number of rotatable bonds is 6. The number of aryl methyl sites for hydroxylation is 1. The molecule has 0 radical (unpaired) electrons. The number of benzene rings is 1. The van der Waals surface area contributed by atoms with Crippen LogP contribution in [0.15, 0.2) is 18.2 Å². The van der Waals surface area contributed by atoms with Gasteiger partial charge in [0.1, 0.15) is 0 Å². The second kappa shape index (κ2) is 8.31. The number of piperidine rings is 1. The summed E-state index contributed by atoms with van der Waals surface area (Å²) >= 11 is 0. The van der Waals surface area contributed by atoms with Gasteiger partial charge in [-0.1, -0.05) is 17.7 Å². The summed E-state index contributed by atoms with van der Waals surface area (Å²) in [6.07, 6.45) is 12.4. The molecule has 144 valence electrons. The maximum atomic E-state index is 6.19. The van der Waals surface area contributed by atoms with E-state index in [-0.39, 0.29) is 0 Å². The van der Waals surface area contributed by atoms with E-state index >= 15 is 0 Å². The van der Waals surface area contributed by atoms with Crippen LogP contribution in [0.5, 0.6) is 0 Å². The molecule has 1 aromatic carbocycles. The van der Waals surface area contributed by atoms with E-state index in [1.807, 2.05) is 0 Å². The van der Waals surface area contributed by atoms with Crippen molar-refractivity contribution in [3.05, 3.63) is 29.3 Å². The average Bonchev–Trinajstić information content (AvgIpc) is 3.49. The molecule has 3 nitrogen and oxygen atoms in total. The van der Waals surface area contributed by atoms with E-state index in [4.69, 9.17) is 10.5 Å². The lowest BCUT2D eigenvalue weighted by Crippen LogP contribution is -2.44. The molecule has 1 heterocycles. The lowest BCUT2D eigenvalue weighted by molar-refractivity contribution is -0.00253. The Labute approximate surface area is 159 Å². The predicted molar refractivity (Wildman–Crippen MR) is 108 cm³/mol. The van der Waals surface area contributed by atoms with E-state index in [1.165, 1.54) is 75.6 Å². The molecule has 0 aromatic heterocycles. The topological polar surface area (TPSA) is 38.5 Å². The molecule has 26 heavy (non-hydrogen) atoms. The highest BCUT2D eigenvalue weighted by molar-refractivity contribution is 5.48. The third kappa shape index (κ3) is 4.80. The number of anilines is 1. The van der Waals surface area contributed by atoms with Crippen LogP contribution in [-0.4, -0.2) is 36.7 Å². The zero-order valence-corrected chi connectivity index (χ0v) is 16.5. The number of likely N-dealkylation sites (tertiary alicyclic amines) is 1. The third-order valence-corrected chi connectivity index (χ3v) is 6.88. The summed E-state index contributed by atoms with van der Waals surface area (Å²) in [7, 11) is 0. The minimum Gasteiger partial charge on any atom is -0.399 e. The normalized spacial score (nSPS) is 28.3. The van der Waals surface area contributed by atoms with E-state index in [9.17, 15) is 0 Å². The summed E-state index contributed by atoms with van der Waals surface area (Å²) in [4.78, 5) is 2.77. The van der Waals surface area contributed by atoms with Gasteiger partial charge in [0.05, 0.1) is 6.10 Å². The zero-order chi connectivity index (χ0) is 17.9. The quantitative estimate of drug-likeness (QED) is 0.759. The van der Waals surface area contributed by atoms with Crippen molar-refractivity contribution in [1.82, 2.24) is 4.90 Å². The average molecular weight is 357 g/mol. The van der Waals surface area contributed by atoms with Crippen LogP contribution in [0.2, 0.25) is 0 Å². The maximum Gasteiger partial charge on any atom is 0.0576 e. The first-order chi connectivity index (χ1) is 12.7. The number of hydrogen-bond acceptors (Lipinski definition) is 3.